The predicted octanol–water partition coefficient (Wildman–Crippen LogP) is 0.819. The first-order valence-electron chi connectivity index (χ1n) is 4.39. The van der Waals surface area contributed by atoms with Crippen molar-refractivity contribution in [2.75, 3.05) is 13.2 Å². The zero-order valence-electron chi connectivity index (χ0n) is 8.22. The van der Waals surface area contributed by atoms with Crippen LogP contribution in [-0.4, -0.2) is 19.1 Å². The molecule has 0 saturated carbocycles. The van der Waals surface area contributed by atoms with Gasteiger partial charge in [0, 0.05) is 6.54 Å². The molecular weight excluding hydrogens is 156 g/mol. The van der Waals surface area contributed by atoms with Crippen LogP contribution >= 0.6 is 0 Å². The van der Waals surface area contributed by atoms with Crippen molar-refractivity contribution in [3.05, 3.63) is 0 Å². The highest BCUT2D eigenvalue weighted by molar-refractivity contribution is 5.76. The fourth-order valence-corrected chi connectivity index (χ4v) is 0.531. The van der Waals surface area contributed by atoms with Crippen LogP contribution in [-0.2, 0) is 9.63 Å². The fourth-order valence-electron chi connectivity index (χ4n) is 0.531. The second kappa shape index (κ2) is 13.0. The van der Waals surface area contributed by atoms with E-state index in [1.165, 1.54) is 0 Å². The minimum Gasteiger partial charge on any atom is -0.354 e. The number of hydrogen-bond donors (Lipinski definition) is 2. The third-order valence-corrected chi connectivity index (χ3v) is 1.07. The Kier molecular flexibility index (Phi) is 15.1. The molecule has 0 aliphatic carbocycles. The first-order chi connectivity index (χ1) is 5.81. The van der Waals surface area contributed by atoms with Gasteiger partial charge in [-0.2, -0.15) is 0 Å². The minimum atomic E-state index is -0.157. The van der Waals surface area contributed by atoms with Crippen molar-refractivity contribution >= 4 is 5.91 Å². The molecule has 3 N–H and O–H groups in total. The second-order valence-corrected chi connectivity index (χ2v) is 2.01. The number of hydrogen-bond acceptors (Lipinski definition) is 3. The molecule has 0 aromatic rings. The Morgan fingerprint density at radius 2 is 2.08 bits per heavy atom. The van der Waals surface area contributed by atoms with Gasteiger partial charge in [-0.05, 0) is 6.42 Å². The van der Waals surface area contributed by atoms with Crippen molar-refractivity contribution in [1.82, 2.24) is 5.32 Å². The minimum absolute atomic E-state index is 0.0519. The van der Waals surface area contributed by atoms with E-state index in [4.69, 9.17) is 0 Å². The van der Waals surface area contributed by atoms with Crippen molar-refractivity contribution in [2.24, 2.45) is 5.90 Å². The highest BCUT2D eigenvalue weighted by Crippen LogP contribution is 1.81. The van der Waals surface area contributed by atoms with Gasteiger partial charge in [0.25, 0.3) is 0 Å². The quantitative estimate of drug-likeness (QED) is 0.481. The summed E-state index contributed by atoms with van der Waals surface area (Å²) in [5, 5.41) is 2.64. The summed E-state index contributed by atoms with van der Waals surface area (Å²) in [6, 6.07) is 0. The summed E-state index contributed by atoms with van der Waals surface area (Å²) in [5.41, 5.74) is 0. The third-order valence-electron chi connectivity index (χ3n) is 1.07. The topological polar surface area (TPSA) is 64.3 Å². The van der Waals surface area contributed by atoms with Crippen LogP contribution in [0.4, 0.5) is 0 Å². The lowest BCUT2D eigenvalue weighted by atomic mass is 10.3. The largest absolute Gasteiger partial charge is 0.354 e. The van der Waals surface area contributed by atoms with Crippen LogP contribution in [0.25, 0.3) is 0 Å². The summed E-state index contributed by atoms with van der Waals surface area (Å²) in [7, 11) is 0. The molecule has 0 radical (unpaired) electrons. The van der Waals surface area contributed by atoms with Gasteiger partial charge in [0.1, 0.15) is 6.61 Å². The summed E-state index contributed by atoms with van der Waals surface area (Å²) in [6.07, 6.45) is 2.07. The normalized spacial score (nSPS) is 8.33. The monoisotopic (exact) mass is 176 g/mol. The molecule has 0 aromatic carbocycles. The average Bonchev–Trinajstić information content (AvgIpc) is 2.09. The predicted molar refractivity (Wildman–Crippen MR) is 49.4 cm³/mol. The Bertz CT molecular complexity index is 97.1. The van der Waals surface area contributed by atoms with Crippen molar-refractivity contribution < 1.29 is 9.63 Å². The lowest BCUT2D eigenvalue weighted by Crippen LogP contribution is -2.29. The maximum Gasteiger partial charge on any atom is 0.248 e. The van der Waals surface area contributed by atoms with Gasteiger partial charge >= 0.3 is 0 Å². The van der Waals surface area contributed by atoms with Gasteiger partial charge in [0.2, 0.25) is 5.91 Å². The van der Waals surface area contributed by atoms with Crippen molar-refractivity contribution in [1.29, 1.82) is 0 Å². The van der Waals surface area contributed by atoms with Crippen molar-refractivity contribution in [2.45, 2.75) is 33.6 Å². The summed E-state index contributed by atoms with van der Waals surface area (Å²) in [4.78, 5) is 14.7. The standard InChI is InChI=1S/C6H14N2O2.C2H6/c1-2-3-4-8-6(9)5-10-7;1-2/h2-5,7H2,1H3,(H,8,9);1-2H3. The zero-order valence-corrected chi connectivity index (χ0v) is 8.22. The van der Waals surface area contributed by atoms with Crippen LogP contribution in [0.3, 0.4) is 0 Å². The van der Waals surface area contributed by atoms with E-state index in [2.05, 4.69) is 23.0 Å². The number of rotatable bonds is 5. The zero-order chi connectivity index (χ0) is 9.82. The Morgan fingerprint density at radius 1 is 1.50 bits per heavy atom. The molecule has 4 nitrogen and oxygen atoms in total. The maximum absolute atomic E-state index is 10.6. The molecule has 4 heteroatoms. The molecule has 0 atom stereocenters. The Labute approximate surface area is 74.4 Å². The number of unbranched alkanes of at least 4 members (excludes halogenated alkanes) is 1. The molecular formula is C8H20N2O2. The molecule has 0 heterocycles. The first kappa shape index (κ1) is 13.9. The molecule has 74 valence electrons. The van der Waals surface area contributed by atoms with Crippen LogP contribution < -0.4 is 11.2 Å². The van der Waals surface area contributed by atoms with Crippen LogP contribution in [0.1, 0.15) is 33.6 Å². The molecule has 0 aliphatic rings. The third kappa shape index (κ3) is 12.1. The lowest BCUT2D eigenvalue weighted by molar-refractivity contribution is -0.125. The van der Waals surface area contributed by atoms with Gasteiger partial charge in [0.15, 0.2) is 0 Å². The summed E-state index contributed by atoms with van der Waals surface area (Å²) < 4.78 is 0. The fraction of sp³-hybridized carbons (Fsp3) is 0.875. The molecule has 0 aliphatic heterocycles. The first-order valence-corrected chi connectivity index (χ1v) is 4.39. The van der Waals surface area contributed by atoms with Crippen LogP contribution in [0.15, 0.2) is 0 Å². The number of nitrogens with two attached hydrogens (primary N) is 1. The van der Waals surface area contributed by atoms with Crippen molar-refractivity contribution in [3.63, 3.8) is 0 Å². The van der Waals surface area contributed by atoms with Gasteiger partial charge in [-0.25, -0.2) is 5.90 Å². The smallest absolute Gasteiger partial charge is 0.248 e. The summed E-state index contributed by atoms with van der Waals surface area (Å²) in [6.45, 7) is 6.72. The van der Waals surface area contributed by atoms with E-state index >= 15 is 0 Å². The molecule has 0 rings (SSSR count). The Hall–Kier alpha value is -0.610. The van der Waals surface area contributed by atoms with E-state index in [9.17, 15) is 4.79 Å². The molecule has 12 heavy (non-hydrogen) atoms. The highest BCUT2D eigenvalue weighted by Gasteiger charge is 1.96. The molecule has 0 bridgehead atoms. The number of carbonyl (C=O) groups excluding carboxylic acids is 1. The van der Waals surface area contributed by atoms with E-state index in [1.807, 2.05) is 13.8 Å². The highest BCUT2D eigenvalue weighted by atomic mass is 16.6. The molecule has 0 saturated heterocycles. The molecule has 0 fully saturated rings. The van der Waals surface area contributed by atoms with Gasteiger partial charge < -0.3 is 5.32 Å². The average molecular weight is 176 g/mol. The van der Waals surface area contributed by atoms with E-state index in [1.54, 1.807) is 0 Å². The lowest BCUT2D eigenvalue weighted by Gasteiger charge is -2.00. The Balaban J connectivity index is 0. The van der Waals surface area contributed by atoms with Gasteiger partial charge in [-0.3, -0.25) is 9.63 Å². The van der Waals surface area contributed by atoms with E-state index in [0.717, 1.165) is 12.8 Å². The molecule has 0 unspecified atom stereocenters. The Morgan fingerprint density at radius 3 is 2.50 bits per heavy atom. The van der Waals surface area contributed by atoms with E-state index < -0.39 is 0 Å². The van der Waals surface area contributed by atoms with Gasteiger partial charge in [-0.1, -0.05) is 27.2 Å². The molecule has 0 spiro atoms. The number of carbonyl (C=O) groups is 1. The maximum atomic E-state index is 10.6. The van der Waals surface area contributed by atoms with Gasteiger partial charge in [-0.15, -0.1) is 0 Å². The number of nitrogens with one attached hydrogen (secondary N) is 1. The van der Waals surface area contributed by atoms with Crippen LogP contribution in [0.2, 0.25) is 0 Å². The van der Waals surface area contributed by atoms with Crippen LogP contribution in [0, 0.1) is 0 Å². The van der Waals surface area contributed by atoms with Crippen LogP contribution in [0.5, 0.6) is 0 Å². The molecule has 1 amide bonds. The van der Waals surface area contributed by atoms with E-state index in [-0.39, 0.29) is 12.5 Å². The SMILES string of the molecule is CC.CCCCNC(=O)CON. The second-order valence-electron chi connectivity index (χ2n) is 2.01. The summed E-state index contributed by atoms with van der Waals surface area (Å²) >= 11 is 0. The van der Waals surface area contributed by atoms with Crippen molar-refractivity contribution in [3.8, 4) is 0 Å². The number of amides is 1. The molecule has 0 aromatic heterocycles. The summed E-state index contributed by atoms with van der Waals surface area (Å²) in [5.74, 6) is 4.52. The van der Waals surface area contributed by atoms with Gasteiger partial charge in [0.05, 0.1) is 0 Å². The van der Waals surface area contributed by atoms with E-state index in [0.29, 0.717) is 6.54 Å².